The molecule has 6 nitrogen and oxygen atoms in total. The maximum atomic E-state index is 13.4. The number of amides is 1. The molecule has 2 aliphatic carbocycles. The van der Waals surface area contributed by atoms with Crippen molar-refractivity contribution in [3.63, 3.8) is 0 Å². The Bertz CT molecular complexity index is 759. The van der Waals surface area contributed by atoms with Gasteiger partial charge >= 0.3 is 0 Å². The summed E-state index contributed by atoms with van der Waals surface area (Å²) in [6.07, 6.45) is 7.20. The van der Waals surface area contributed by atoms with Crippen molar-refractivity contribution in [2.24, 2.45) is 17.8 Å². The Morgan fingerprint density at radius 3 is 2.75 bits per heavy atom. The van der Waals surface area contributed by atoms with Crippen molar-refractivity contribution in [1.29, 1.82) is 0 Å². The van der Waals surface area contributed by atoms with Crippen molar-refractivity contribution in [2.45, 2.75) is 12.8 Å². The molecular formula is C22H28N2O4. The molecule has 28 heavy (non-hydrogen) atoms. The van der Waals surface area contributed by atoms with Gasteiger partial charge in [0.05, 0.1) is 13.2 Å². The molecule has 2 bridgehead atoms. The van der Waals surface area contributed by atoms with Crippen molar-refractivity contribution in [3.05, 3.63) is 35.9 Å². The zero-order chi connectivity index (χ0) is 18.9. The molecule has 1 amide bonds. The number of carbonyl (C=O) groups is 1. The molecule has 1 saturated heterocycles. The number of carbonyl (C=O) groups excluding carboxylic acids is 1. The van der Waals surface area contributed by atoms with Crippen LogP contribution < -0.4 is 9.47 Å². The average Bonchev–Trinajstić information content (AvgIpc) is 3.47. The smallest absolute Gasteiger partial charge is 0.254 e. The van der Waals surface area contributed by atoms with Crippen LogP contribution in [0.5, 0.6) is 11.5 Å². The standard InChI is InChI=1S/C22H28N2O4/c25-22(18-3-4-20-21(13-18)28-15-27-20)24(6-5-23-7-9-26-10-8-23)14-19-12-16-1-2-17(19)11-16/h1-4,13,16-17,19H,5-12,14-15H2. The highest BCUT2D eigenvalue weighted by Gasteiger charge is 2.37. The van der Waals surface area contributed by atoms with Crippen molar-refractivity contribution in [3.8, 4) is 11.5 Å². The summed E-state index contributed by atoms with van der Waals surface area (Å²) in [6.45, 7) is 6.18. The quantitative estimate of drug-likeness (QED) is 0.705. The second-order valence-corrected chi connectivity index (χ2v) is 8.31. The Kier molecular flexibility index (Phi) is 4.99. The van der Waals surface area contributed by atoms with Gasteiger partial charge in [0.1, 0.15) is 0 Å². The first-order valence-corrected chi connectivity index (χ1v) is 10.4. The fraction of sp³-hybridized carbons (Fsp3) is 0.591. The summed E-state index contributed by atoms with van der Waals surface area (Å²) in [6, 6.07) is 5.53. The first kappa shape index (κ1) is 18.0. The minimum atomic E-state index is 0.0957. The van der Waals surface area contributed by atoms with Gasteiger partial charge in [0.2, 0.25) is 6.79 Å². The van der Waals surface area contributed by atoms with E-state index in [2.05, 4.69) is 22.0 Å². The molecule has 1 aromatic carbocycles. The van der Waals surface area contributed by atoms with Gasteiger partial charge in [0.15, 0.2) is 11.5 Å². The molecule has 2 fully saturated rings. The Labute approximate surface area is 166 Å². The molecule has 150 valence electrons. The van der Waals surface area contributed by atoms with Crippen LogP contribution in [0.4, 0.5) is 0 Å². The molecule has 0 aromatic heterocycles. The lowest BCUT2D eigenvalue weighted by Gasteiger charge is -2.32. The first-order chi connectivity index (χ1) is 13.8. The topological polar surface area (TPSA) is 51.2 Å². The molecule has 0 radical (unpaired) electrons. The van der Waals surface area contributed by atoms with Gasteiger partial charge in [-0.3, -0.25) is 9.69 Å². The summed E-state index contributed by atoms with van der Waals surface area (Å²) < 4.78 is 16.3. The van der Waals surface area contributed by atoms with Crippen LogP contribution in [-0.4, -0.2) is 68.4 Å². The highest BCUT2D eigenvalue weighted by molar-refractivity contribution is 5.95. The van der Waals surface area contributed by atoms with Gasteiger partial charge in [0, 0.05) is 38.3 Å². The van der Waals surface area contributed by atoms with Crippen molar-refractivity contribution >= 4 is 5.91 Å². The number of nitrogens with zero attached hydrogens (tertiary/aromatic N) is 2. The monoisotopic (exact) mass is 384 g/mol. The second-order valence-electron chi connectivity index (χ2n) is 8.31. The van der Waals surface area contributed by atoms with Gasteiger partial charge in [0.25, 0.3) is 5.91 Å². The number of ether oxygens (including phenoxy) is 3. The highest BCUT2D eigenvalue weighted by Crippen LogP contribution is 2.43. The number of hydrogen-bond donors (Lipinski definition) is 0. The van der Waals surface area contributed by atoms with E-state index in [1.54, 1.807) is 0 Å². The minimum absolute atomic E-state index is 0.0957. The fourth-order valence-electron chi connectivity index (χ4n) is 4.96. The van der Waals surface area contributed by atoms with E-state index >= 15 is 0 Å². The van der Waals surface area contributed by atoms with Crippen LogP contribution in [0.3, 0.4) is 0 Å². The third-order valence-corrected chi connectivity index (χ3v) is 6.57. The van der Waals surface area contributed by atoms with Crippen LogP contribution in [0, 0.1) is 17.8 Å². The minimum Gasteiger partial charge on any atom is -0.454 e. The summed E-state index contributed by atoms with van der Waals surface area (Å²) in [5, 5.41) is 0. The van der Waals surface area contributed by atoms with Crippen LogP contribution in [-0.2, 0) is 4.74 Å². The molecule has 3 unspecified atom stereocenters. The molecular weight excluding hydrogens is 356 g/mol. The average molecular weight is 384 g/mol. The van der Waals surface area contributed by atoms with E-state index in [9.17, 15) is 4.79 Å². The lowest BCUT2D eigenvalue weighted by molar-refractivity contribution is 0.0313. The third-order valence-electron chi connectivity index (χ3n) is 6.57. The van der Waals surface area contributed by atoms with Gasteiger partial charge in [-0.05, 0) is 48.8 Å². The van der Waals surface area contributed by atoms with Crippen LogP contribution in [0.15, 0.2) is 30.4 Å². The number of rotatable bonds is 6. The molecule has 0 spiro atoms. The molecule has 0 N–H and O–H groups in total. The molecule has 2 heterocycles. The second kappa shape index (κ2) is 7.76. The van der Waals surface area contributed by atoms with E-state index in [0.29, 0.717) is 23.1 Å². The maximum absolute atomic E-state index is 13.4. The first-order valence-electron chi connectivity index (χ1n) is 10.4. The molecule has 1 saturated carbocycles. The van der Waals surface area contributed by atoms with E-state index in [-0.39, 0.29) is 12.7 Å². The normalized spacial score (nSPS) is 28.1. The van der Waals surface area contributed by atoms with Crippen LogP contribution in [0.25, 0.3) is 0 Å². The van der Waals surface area contributed by atoms with Gasteiger partial charge in [-0.2, -0.15) is 0 Å². The van der Waals surface area contributed by atoms with Gasteiger partial charge < -0.3 is 19.1 Å². The fourth-order valence-corrected chi connectivity index (χ4v) is 4.96. The predicted molar refractivity (Wildman–Crippen MR) is 105 cm³/mol. The number of fused-ring (bicyclic) bond motifs is 3. The Morgan fingerprint density at radius 1 is 1.11 bits per heavy atom. The summed E-state index contributed by atoms with van der Waals surface area (Å²) in [5.41, 5.74) is 0.685. The summed E-state index contributed by atoms with van der Waals surface area (Å²) >= 11 is 0. The zero-order valence-corrected chi connectivity index (χ0v) is 16.2. The van der Waals surface area contributed by atoms with Gasteiger partial charge in [-0.25, -0.2) is 0 Å². The Morgan fingerprint density at radius 2 is 1.96 bits per heavy atom. The number of hydrogen-bond acceptors (Lipinski definition) is 5. The van der Waals surface area contributed by atoms with E-state index in [1.807, 2.05) is 18.2 Å². The summed E-state index contributed by atoms with van der Waals surface area (Å²) in [5.74, 6) is 3.42. The van der Waals surface area contributed by atoms with E-state index in [0.717, 1.165) is 57.6 Å². The number of allylic oxidation sites excluding steroid dienone is 2. The lowest BCUT2D eigenvalue weighted by Crippen LogP contribution is -2.44. The van der Waals surface area contributed by atoms with E-state index in [4.69, 9.17) is 14.2 Å². The van der Waals surface area contributed by atoms with Crippen LogP contribution in [0.1, 0.15) is 23.2 Å². The SMILES string of the molecule is O=C(c1ccc2c(c1)OCO2)N(CCN1CCOCC1)CC1CC2C=CC1C2. The Balaban J connectivity index is 1.30. The summed E-state index contributed by atoms with van der Waals surface area (Å²) in [7, 11) is 0. The van der Waals surface area contributed by atoms with Crippen molar-refractivity contribution in [2.75, 3.05) is 52.7 Å². The predicted octanol–water partition coefficient (Wildman–Crippen LogP) is 2.40. The maximum Gasteiger partial charge on any atom is 0.254 e. The van der Waals surface area contributed by atoms with Crippen molar-refractivity contribution < 1.29 is 19.0 Å². The molecule has 4 aliphatic rings. The molecule has 2 aliphatic heterocycles. The number of benzene rings is 1. The zero-order valence-electron chi connectivity index (χ0n) is 16.2. The van der Waals surface area contributed by atoms with E-state index < -0.39 is 0 Å². The number of morpholine rings is 1. The third kappa shape index (κ3) is 3.63. The largest absolute Gasteiger partial charge is 0.454 e. The van der Waals surface area contributed by atoms with E-state index in [1.165, 1.54) is 12.8 Å². The lowest BCUT2D eigenvalue weighted by atomic mass is 9.93. The summed E-state index contributed by atoms with van der Waals surface area (Å²) in [4.78, 5) is 17.8. The molecule has 5 rings (SSSR count). The van der Waals surface area contributed by atoms with Crippen molar-refractivity contribution in [1.82, 2.24) is 9.80 Å². The highest BCUT2D eigenvalue weighted by atomic mass is 16.7. The molecule has 6 heteroatoms. The Hall–Kier alpha value is -2.05. The van der Waals surface area contributed by atoms with Crippen LogP contribution in [0.2, 0.25) is 0 Å². The van der Waals surface area contributed by atoms with Gasteiger partial charge in [-0.15, -0.1) is 0 Å². The molecule has 3 atom stereocenters. The van der Waals surface area contributed by atoms with Crippen LogP contribution >= 0.6 is 0 Å². The molecule has 1 aromatic rings. The van der Waals surface area contributed by atoms with Gasteiger partial charge in [-0.1, -0.05) is 12.2 Å².